The number of likely N-dealkylation sites (N-methyl/N-ethyl adjacent to an activating group) is 1. The lowest BCUT2D eigenvalue weighted by Crippen LogP contribution is -2.43. The summed E-state index contributed by atoms with van der Waals surface area (Å²) in [5.74, 6) is -0.258. The minimum atomic E-state index is -0.242. The van der Waals surface area contributed by atoms with Gasteiger partial charge in [-0.25, -0.2) is 0 Å². The molecule has 0 aliphatic carbocycles. The first-order valence-electron chi connectivity index (χ1n) is 8.74. The number of nitrogens with one attached hydrogen (secondary N) is 2. The van der Waals surface area contributed by atoms with Crippen molar-refractivity contribution >= 4 is 18.2 Å². The molecule has 1 rings (SSSR count). The van der Waals surface area contributed by atoms with Crippen molar-refractivity contribution in [3.05, 3.63) is 47.5 Å². The summed E-state index contributed by atoms with van der Waals surface area (Å²) in [6.45, 7) is 7.57. The van der Waals surface area contributed by atoms with Crippen molar-refractivity contribution in [2.45, 2.75) is 39.8 Å². The van der Waals surface area contributed by atoms with Crippen molar-refractivity contribution < 1.29 is 14.4 Å². The Labute approximate surface area is 155 Å². The van der Waals surface area contributed by atoms with Crippen LogP contribution in [0.2, 0.25) is 0 Å². The van der Waals surface area contributed by atoms with Gasteiger partial charge in [0.05, 0.1) is 18.6 Å². The number of hydrogen-bond acceptors (Lipinski definition) is 3. The van der Waals surface area contributed by atoms with Gasteiger partial charge in [-0.15, -0.1) is 0 Å². The summed E-state index contributed by atoms with van der Waals surface area (Å²) < 4.78 is 0. The molecule has 0 saturated carbocycles. The van der Waals surface area contributed by atoms with Gasteiger partial charge in [0.1, 0.15) is 0 Å². The molecule has 0 aliphatic heterocycles. The van der Waals surface area contributed by atoms with Gasteiger partial charge < -0.3 is 15.5 Å². The van der Waals surface area contributed by atoms with Crippen LogP contribution in [0.25, 0.3) is 0 Å². The molecule has 2 N–H and O–H groups in total. The van der Waals surface area contributed by atoms with Crippen LogP contribution < -0.4 is 10.6 Å². The minimum Gasteiger partial charge on any atom is -0.350 e. The number of hydrogen-bond donors (Lipinski definition) is 2. The van der Waals surface area contributed by atoms with Gasteiger partial charge >= 0.3 is 0 Å². The molecule has 1 aromatic carbocycles. The van der Waals surface area contributed by atoms with E-state index in [1.807, 2.05) is 51.1 Å². The summed E-state index contributed by atoms with van der Waals surface area (Å²) in [5, 5.41) is 5.34. The second kappa shape index (κ2) is 10.4. The molecule has 0 aromatic heterocycles. The number of carbonyl (C=O) groups excluding carboxylic acids is 3. The Balaban J connectivity index is 2.83. The maximum absolute atomic E-state index is 12.5. The van der Waals surface area contributed by atoms with Gasteiger partial charge in [0, 0.05) is 12.6 Å². The normalized spacial score (nSPS) is 13.7. The van der Waals surface area contributed by atoms with E-state index in [-0.39, 0.29) is 36.4 Å². The van der Waals surface area contributed by atoms with Crippen LogP contribution in [-0.4, -0.2) is 42.8 Å². The predicted molar refractivity (Wildman–Crippen MR) is 102 cm³/mol. The summed E-state index contributed by atoms with van der Waals surface area (Å²) in [6, 6.07) is 9.38. The topological polar surface area (TPSA) is 78.5 Å². The molecule has 3 amide bonds. The Hall–Kier alpha value is -2.63. The van der Waals surface area contributed by atoms with Crippen LogP contribution in [-0.2, 0) is 14.4 Å². The van der Waals surface area contributed by atoms with E-state index in [9.17, 15) is 14.4 Å². The van der Waals surface area contributed by atoms with E-state index in [1.54, 1.807) is 24.9 Å². The molecular formula is C20H29N3O3. The third-order valence-corrected chi connectivity index (χ3v) is 4.29. The third-order valence-electron chi connectivity index (χ3n) is 4.29. The average molecular weight is 359 g/mol. The number of amides is 3. The molecule has 6 nitrogen and oxygen atoms in total. The third kappa shape index (κ3) is 6.35. The Bertz CT molecular complexity index is 641. The van der Waals surface area contributed by atoms with Crippen LogP contribution in [0, 0.1) is 5.92 Å². The average Bonchev–Trinajstić information content (AvgIpc) is 2.63. The fourth-order valence-corrected chi connectivity index (χ4v) is 2.64. The quantitative estimate of drug-likeness (QED) is 0.523. The lowest BCUT2D eigenvalue weighted by atomic mass is 9.99. The Morgan fingerprint density at radius 2 is 1.77 bits per heavy atom. The standard InChI is InChI=1S/C20H29N3O3/c1-14(2)18(23(5)19(25)12-21-13-24)11-15(3)20(26)22-16(4)17-9-7-6-8-10-17/h6-11,13-14,16,18H,12H2,1-5H3,(H,21,24)(H,22,26)/b15-11+/t16?,18-/m1/s1. The molecule has 2 atom stereocenters. The van der Waals surface area contributed by atoms with Gasteiger partial charge in [-0.05, 0) is 25.3 Å². The minimum absolute atomic E-state index is 0.0622. The van der Waals surface area contributed by atoms with Gasteiger partial charge in [-0.2, -0.15) is 0 Å². The molecule has 0 bridgehead atoms. The van der Waals surface area contributed by atoms with E-state index >= 15 is 0 Å². The Morgan fingerprint density at radius 1 is 1.15 bits per heavy atom. The number of nitrogens with zero attached hydrogens (tertiary/aromatic N) is 1. The number of rotatable bonds is 9. The van der Waals surface area contributed by atoms with Crippen molar-refractivity contribution in [1.29, 1.82) is 0 Å². The fourth-order valence-electron chi connectivity index (χ4n) is 2.64. The Kier molecular flexibility index (Phi) is 8.55. The van der Waals surface area contributed by atoms with Crippen LogP contribution in [0.3, 0.4) is 0 Å². The van der Waals surface area contributed by atoms with Crippen LogP contribution in [0.15, 0.2) is 42.0 Å². The van der Waals surface area contributed by atoms with Crippen molar-refractivity contribution in [3.63, 3.8) is 0 Å². The first-order valence-corrected chi connectivity index (χ1v) is 8.74. The van der Waals surface area contributed by atoms with E-state index in [0.717, 1.165) is 5.56 Å². The van der Waals surface area contributed by atoms with Gasteiger partial charge in [-0.3, -0.25) is 14.4 Å². The highest BCUT2D eigenvalue weighted by Gasteiger charge is 2.22. The zero-order valence-electron chi connectivity index (χ0n) is 16.2. The largest absolute Gasteiger partial charge is 0.350 e. The summed E-state index contributed by atoms with van der Waals surface area (Å²) >= 11 is 0. The van der Waals surface area contributed by atoms with Crippen molar-refractivity contribution in [1.82, 2.24) is 15.5 Å². The molecule has 0 radical (unpaired) electrons. The predicted octanol–water partition coefficient (Wildman–Crippen LogP) is 2.04. The number of carbonyl (C=O) groups is 3. The van der Waals surface area contributed by atoms with Gasteiger partial charge in [-0.1, -0.05) is 50.3 Å². The lowest BCUT2D eigenvalue weighted by molar-refractivity contribution is -0.132. The maximum Gasteiger partial charge on any atom is 0.247 e. The highest BCUT2D eigenvalue weighted by Crippen LogP contribution is 2.15. The highest BCUT2D eigenvalue weighted by molar-refractivity contribution is 5.93. The summed E-state index contributed by atoms with van der Waals surface area (Å²) in [5.41, 5.74) is 1.58. The monoisotopic (exact) mass is 359 g/mol. The van der Waals surface area contributed by atoms with Gasteiger partial charge in [0.15, 0.2) is 0 Å². The summed E-state index contributed by atoms with van der Waals surface area (Å²) in [6.07, 6.45) is 2.30. The maximum atomic E-state index is 12.5. The molecule has 0 heterocycles. The van der Waals surface area contributed by atoms with Crippen LogP contribution in [0.4, 0.5) is 0 Å². The smallest absolute Gasteiger partial charge is 0.247 e. The van der Waals surface area contributed by atoms with E-state index in [4.69, 9.17) is 0 Å². The van der Waals surface area contributed by atoms with E-state index in [0.29, 0.717) is 12.0 Å². The zero-order valence-corrected chi connectivity index (χ0v) is 16.2. The molecule has 0 aliphatic rings. The first-order chi connectivity index (χ1) is 12.3. The second-order valence-electron chi connectivity index (χ2n) is 6.69. The zero-order chi connectivity index (χ0) is 19.7. The molecule has 1 aromatic rings. The van der Waals surface area contributed by atoms with Crippen LogP contribution in [0.1, 0.15) is 39.3 Å². The molecule has 1 unspecified atom stereocenters. The second-order valence-corrected chi connectivity index (χ2v) is 6.69. The molecule has 0 saturated heterocycles. The van der Waals surface area contributed by atoms with E-state index < -0.39 is 0 Å². The highest BCUT2D eigenvalue weighted by atomic mass is 16.2. The van der Waals surface area contributed by atoms with Crippen LogP contribution >= 0.6 is 0 Å². The van der Waals surface area contributed by atoms with E-state index in [2.05, 4.69) is 10.6 Å². The molecular weight excluding hydrogens is 330 g/mol. The first kappa shape index (κ1) is 21.4. The lowest BCUT2D eigenvalue weighted by Gasteiger charge is -2.29. The van der Waals surface area contributed by atoms with Crippen molar-refractivity contribution in [2.75, 3.05) is 13.6 Å². The molecule has 0 spiro atoms. The molecule has 26 heavy (non-hydrogen) atoms. The molecule has 0 fully saturated rings. The Morgan fingerprint density at radius 3 is 2.31 bits per heavy atom. The van der Waals surface area contributed by atoms with E-state index in [1.165, 1.54) is 0 Å². The molecule has 142 valence electrons. The van der Waals surface area contributed by atoms with Crippen molar-refractivity contribution in [3.8, 4) is 0 Å². The van der Waals surface area contributed by atoms with Gasteiger partial charge in [0.2, 0.25) is 18.2 Å². The van der Waals surface area contributed by atoms with Crippen LogP contribution in [0.5, 0.6) is 0 Å². The van der Waals surface area contributed by atoms with Gasteiger partial charge in [0.25, 0.3) is 0 Å². The summed E-state index contributed by atoms with van der Waals surface area (Å²) in [7, 11) is 1.67. The summed E-state index contributed by atoms with van der Waals surface area (Å²) in [4.78, 5) is 36.6. The SMILES string of the molecule is C/C(=C\[C@H](C(C)C)N(C)C(=O)CNC=O)C(=O)NC(C)c1ccccc1. The number of benzene rings is 1. The fraction of sp³-hybridized carbons (Fsp3) is 0.450. The van der Waals surface area contributed by atoms with Crippen molar-refractivity contribution in [2.24, 2.45) is 5.92 Å². The molecule has 6 heteroatoms.